The minimum absolute atomic E-state index is 0.0124. The molecule has 0 atom stereocenters. The van der Waals surface area contributed by atoms with E-state index >= 15 is 0 Å². The molecule has 0 bridgehead atoms. The average Bonchev–Trinajstić information content (AvgIpc) is 3.05. The molecule has 0 spiro atoms. The maximum atomic E-state index is 14.4. The smallest absolute Gasteiger partial charge is 0.245 e. The number of halogens is 2. The van der Waals surface area contributed by atoms with Crippen molar-refractivity contribution in [1.82, 2.24) is 20.3 Å². The summed E-state index contributed by atoms with van der Waals surface area (Å²) in [5.41, 5.74) is 6.24. The summed E-state index contributed by atoms with van der Waals surface area (Å²) >= 11 is 0. The number of aromatic nitrogens is 4. The van der Waals surface area contributed by atoms with Gasteiger partial charge in [0.05, 0.1) is 11.4 Å². The van der Waals surface area contributed by atoms with E-state index < -0.39 is 11.6 Å². The molecule has 0 fully saturated rings. The van der Waals surface area contributed by atoms with Crippen LogP contribution in [0.25, 0.3) is 11.3 Å². The Hall–Kier alpha value is -3.62. The third kappa shape index (κ3) is 2.51. The number of rotatable bonds is 3. The topological polar surface area (TPSA) is 94.0 Å². The third-order valence-electron chi connectivity index (χ3n) is 3.52. The fourth-order valence-electron chi connectivity index (χ4n) is 2.43. The van der Waals surface area contributed by atoms with Crippen LogP contribution in [0, 0.1) is 11.6 Å². The van der Waals surface area contributed by atoms with Crippen LogP contribution in [0.15, 0.2) is 53.2 Å². The van der Waals surface area contributed by atoms with Crippen LogP contribution in [0.4, 0.5) is 31.8 Å². The monoisotopic (exact) mass is 340 g/mol. The minimum atomic E-state index is -0.578. The van der Waals surface area contributed by atoms with E-state index in [4.69, 9.17) is 5.73 Å². The molecular formula is C16H10F2N6O. The van der Waals surface area contributed by atoms with Crippen LogP contribution in [0.1, 0.15) is 0 Å². The normalized spacial score (nSPS) is 11.0. The quantitative estimate of drug-likeness (QED) is 0.611. The highest BCUT2D eigenvalue weighted by Crippen LogP contribution is 2.38. The SMILES string of the molecule is Nc1nc2nonc2nc1N(c1ccccc1F)c1ccccc1F. The van der Waals surface area contributed by atoms with Crippen molar-refractivity contribution in [2.45, 2.75) is 0 Å². The molecular weight excluding hydrogens is 330 g/mol. The molecule has 0 saturated carbocycles. The maximum absolute atomic E-state index is 14.4. The first-order valence-corrected chi connectivity index (χ1v) is 7.20. The largest absolute Gasteiger partial charge is 0.381 e. The van der Waals surface area contributed by atoms with Crippen molar-refractivity contribution in [2.24, 2.45) is 0 Å². The molecule has 4 rings (SSSR count). The van der Waals surface area contributed by atoms with Crippen LogP contribution >= 0.6 is 0 Å². The van der Waals surface area contributed by atoms with E-state index in [1.165, 1.54) is 41.3 Å². The van der Waals surface area contributed by atoms with E-state index in [1.54, 1.807) is 12.1 Å². The Bertz CT molecular complexity index is 1020. The molecule has 0 radical (unpaired) electrons. The van der Waals surface area contributed by atoms with Crippen molar-refractivity contribution in [3.05, 3.63) is 60.2 Å². The van der Waals surface area contributed by atoms with Gasteiger partial charge in [0, 0.05) is 0 Å². The summed E-state index contributed by atoms with van der Waals surface area (Å²) in [6, 6.07) is 11.8. The average molecular weight is 340 g/mol. The maximum Gasteiger partial charge on any atom is 0.245 e. The molecule has 0 aliphatic rings. The number of nitrogens with zero attached hydrogens (tertiary/aromatic N) is 5. The number of nitrogen functional groups attached to an aromatic ring is 1. The van der Waals surface area contributed by atoms with Crippen LogP contribution in [0.3, 0.4) is 0 Å². The van der Waals surface area contributed by atoms with E-state index in [0.29, 0.717) is 0 Å². The van der Waals surface area contributed by atoms with E-state index in [1.807, 2.05) is 0 Å². The van der Waals surface area contributed by atoms with Crippen molar-refractivity contribution in [3.8, 4) is 0 Å². The second-order valence-corrected chi connectivity index (χ2v) is 5.08. The van der Waals surface area contributed by atoms with Crippen LogP contribution in [-0.4, -0.2) is 20.3 Å². The Morgan fingerprint density at radius 2 is 1.32 bits per heavy atom. The lowest BCUT2D eigenvalue weighted by molar-refractivity contribution is 0.314. The van der Waals surface area contributed by atoms with Gasteiger partial charge >= 0.3 is 0 Å². The number of anilines is 4. The second kappa shape index (κ2) is 5.78. The lowest BCUT2D eigenvalue weighted by Crippen LogP contribution is -2.17. The highest BCUT2D eigenvalue weighted by atomic mass is 19.1. The Labute approximate surface area is 139 Å². The molecule has 2 aromatic heterocycles. The first kappa shape index (κ1) is 14.9. The van der Waals surface area contributed by atoms with Crippen molar-refractivity contribution < 1.29 is 13.4 Å². The molecule has 0 amide bonds. The van der Waals surface area contributed by atoms with Gasteiger partial charge in [-0.05, 0) is 34.6 Å². The van der Waals surface area contributed by atoms with E-state index in [2.05, 4.69) is 24.9 Å². The predicted molar refractivity (Wildman–Crippen MR) is 86.4 cm³/mol. The molecule has 0 saturated heterocycles. The Kier molecular flexibility index (Phi) is 3.46. The van der Waals surface area contributed by atoms with Gasteiger partial charge in [0.1, 0.15) is 11.6 Å². The summed E-state index contributed by atoms with van der Waals surface area (Å²) in [5.74, 6) is -1.22. The first-order chi connectivity index (χ1) is 12.1. The highest BCUT2D eigenvalue weighted by Gasteiger charge is 2.24. The minimum Gasteiger partial charge on any atom is -0.381 e. The number of benzene rings is 2. The number of para-hydroxylation sites is 2. The third-order valence-corrected chi connectivity index (χ3v) is 3.52. The summed E-state index contributed by atoms with van der Waals surface area (Å²) in [6.07, 6.45) is 0. The summed E-state index contributed by atoms with van der Waals surface area (Å²) in [7, 11) is 0. The Balaban J connectivity index is 2.01. The summed E-state index contributed by atoms with van der Waals surface area (Å²) < 4.78 is 33.4. The van der Waals surface area contributed by atoms with E-state index in [-0.39, 0.29) is 34.3 Å². The Morgan fingerprint density at radius 3 is 1.88 bits per heavy atom. The van der Waals surface area contributed by atoms with Crippen LogP contribution in [0.5, 0.6) is 0 Å². The zero-order chi connectivity index (χ0) is 17.4. The Morgan fingerprint density at radius 1 is 0.800 bits per heavy atom. The van der Waals surface area contributed by atoms with Gasteiger partial charge in [-0.3, -0.25) is 4.90 Å². The zero-order valence-electron chi connectivity index (χ0n) is 12.6. The molecule has 124 valence electrons. The van der Waals surface area contributed by atoms with Gasteiger partial charge in [-0.1, -0.05) is 24.3 Å². The standard InChI is InChI=1S/C16H10F2N6O/c17-9-5-1-3-7-11(9)24(12-8-4-2-6-10(12)18)16-13(19)20-14-15(21-16)23-25-22-14/h1-8H,(H2,19,20,22). The number of nitrogens with two attached hydrogens (primary N) is 1. The fourth-order valence-corrected chi connectivity index (χ4v) is 2.43. The molecule has 7 nitrogen and oxygen atoms in total. The molecule has 25 heavy (non-hydrogen) atoms. The summed E-state index contributed by atoms with van der Waals surface area (Å²) in [5, 5.41) is 7.16. The molecule has 0 aliphatic carbocycles. The highest BCUT2D eigenvalue weighted by molar-refractivity contribution is 5.83. The van der Waals surface area contributed by atoms with Gasteiger partial charge in [0.15, 0.2) is 11.6 Å². The molecule has 0 unspecified atom stereocenters. The predicted octanol–water partition coefficient (Wildman–Crippen LogP) is 3.34. The number of hydrogen-bond donors (Lipinski definition) is 1. The van der Waals surface area contributed by atoms with E-state index in [9.17, 15) is 8.78 Å². The van der Waals surface area contributed by atoms with Gasteiger partial charge in [-0.25, -0.2) is 23.4 Å². The fraction of sp³-hybridized carbons (Fsp3) is 0. The summed E-state index contributed by atoms with van der Waals surface area (Å²) in [6.45, 7) is 0. The second-order valence-electron chi connectivity index (χ2n) is 5.08. The van der Waals surface area contributed by atoms with Crippen molar-refractivity contribution in [2.75, 3.05) is 10.6 Å². The number of hydrogen-bond acceptors (Lipinski definition) is 7. The van der Waals surface area contributed by atoms with E-state index in [0.717, 1.165) is 0 Å². The molecule has 0 aliphatic heterocycles. The first-order valence-electron chi connectivity index (χ1n) is 7.20. The molecule has 4 aromatic rings. The van der Waals surface area contributed by atoms with Crippen LogP contribution < -0.4 is 10.6 Å². The van der Waals surface area contributed by atoms with Gasteiger partial charge in [0.2, 0.25) is 11.3 Å². The summed E-state index contributed by atoms with van der Waals surface area (Å²) in [4.78, 5) is 9.47. The van der Waals surface area contributed by atoms with Gasteiger partial charge in [-0.15, -0.1) is 0 Å². The molecule has 2 aromatic carbocycles. The van der Waals surface area contributed by atoms with Crippen molar-refractivity contribution in [3.63, 3.8) is 0 Å². The van der Waals surface area contributed by atoms with Crippen molar-refractivity contribution in [1.29, 1.82) is 0 Å². The van der Waals surface area contributed by atoms with Crippen LogP contribution in [-0.2, 0) is 0 Å². The molecule has 2 heterocycles. The van der Waals surface area contributed by atoms with Gasteiger partial charge in [-0.2, -0.15) is 0 Å². The molecule has 2 N–H and O–H groups in total. The number of fused-ring (bicyclic) bond motifs is 1. The lowest BCUT2D eigenvalue weighted by atomic mass is 10.2. The molecule has 9 heteroatoms. The zero-order valence-corrected chi connectivity index (χ0v) is 12.6. The van der Waals surface area contributed by atoms with Crippen molar-refractivity contribution >= 4 is 34.3 Å². The van der Waals surface area contributed by atoms with Gasteiger partial charge < -0.3 is 5.73 Å². The van der Waals surface area contributed by atoms with Crippen LogP contribution in [0.2, 0.25) is 0 Å². The van der Waals surface area contributed by atoms with Gasteiger partial charge in [0.25, 0.3) is 0 Å². The lowest BCUT2D eigenvalue weighted by Gasteiger charge is -2.25.